The van der Waals surface area contributed by atoms with E-state index in [1.54, 1.807) is 0 Å². The smallest absolute Gasteiger partial charge is 0.0925 e. The van der Waals surface area contributed by atoms with Gasteiger partial charge in [-0.15, -0.1) is 11.3 Å². The number of aromatic nitrogens is 1. The average molecular weight is 224 g/mol. The molecule has 1 aliphatic rings. The summed E-state index contributed by atoms with van der Waals surface area (Å²) in [5, 5.41) is 4.89. The molecule has 0 aliphatic heterocycles. The lowest BCUT2D eigenvalue weighted by atomic mass is 10.1. The van der Waals surface area contributed by atoms with Crippen LogP contribution in [0.2, 0.25) is 0 Å². The highest BCUT2D eigenvalue weighted by Gasteiger charge is 2.20. The molecule has 0 radical (unpaired) electrons. The van der Waals surface area contributed by atoms with Gasteiger partial charge in [-0.05, 0) is 31.6 Å². The zero-order valence-electron chi connectivity index (χ0n) is 9.62. The molecule has 0 spiro atoms. The summed E-state index contributed by atoms with van der Waals surface area (Å²) in [6, 6.07) is 0.743. The van der Waals surface area contributed by atoms with E-state index in [4.69, 9.17) is 0 Å². The lowest BCUT2D eigenvalue weighted by molar-refractivity contribution is 0.504. The van der Waals surface area contributed by atoms with Crippen molar-refractivity contribution in [2.24, 2.45) is 5.92 Å². The minimum atomic E-state index is 0.743. The number of hydrogen-bond acceptors (Lipinski definition) is 3. The first-order chi connectivity index (χ1) is 7.28. The second kappa shape index (κ2) is 5.08. The number of hydrogen-bond donors (Lipinski definition) is 1. The highest BCUT2D eigenvalue weighted by atomic mass is 32.1. The molecule has 2 nitrogen and oxygen atoms in total. The maximum atomic E-state index is 4.37. The highest BCUT2D eigenvalue weighted by Crippen LogP contribution is 2.25. The molecular formula is C12H20N2S. The lowest BCUT2D eigenvalue weighted by Gasteiger charge is -2.10. The van der Waals surface area contributed by atoms with Crippen LogP contribution in [-0.2, 0) is 13.0 Å². The Balaban J connectivity index is 1.77. The maximum Gasteiger partial charge on any atom is 0.0925 e. The van der Waals surface area contributed by atoms with Crippen LogP contribution < -0.4 is 5.32 Å². The third-order valence-corrected chi connectivity index (χ3v) is 4.31. The third kappa shape index (κ3) is 3.02. The van der Waals surface area contributed by atoms with Crippen LogP contribution in [-0.4, -0.2) is 11.0 Å². The molecule has 2 unspecified atom stereocenters. The van der Waals surface area contributed by atoms with E-state index in [1.807, 2.05) is 17.5 Å². The van der Waals surface area contributed by atoms with Crippen LogP contribution in [0.3, 0.4) is 0 Å². The first-order valence-corrected chi connectivity index (χ1v) is 6.76. The molecule has 2 atom stereocenters. The van der Waals surface area contributed by atoms with Crippen molar-refractivity contribution >= 4 is 11.3 Å². The summed E-state index contributed by atoms with van der Waals surface area (Å²) < 4.78 is 0. The predicted molar refractivity (Wildman–Crippen MR) is 65.1 cm³/mol. The molecule has 0 amide bonds. The largest absolute Gasteiger partial charge is 0.309 e. The molecule has 1 heterocycles. The van der Waals surface area contributed by atoms with Gasteiger partial charge in [0.1, 0.15) is 0 Å². The van der Waals surface area contributed by atoms with Crippen molar-refractivity contribution in [1.29, 1.82) is 0 Å². The second-order valence-corrected chi connectivity index (χ2v) is 5.77. The Morgan fingerprint density at radius 2 is 2.40 bits per heavy atom. The van der Waals surface area contributed by atoms with E-state index in [0.717, 1.165) is 24.9 Å². The summed E-state index contributed by atoms with van der Waals surface area (Å²) in [5.74, 6) is 0.912. The first kappa shape index (κ1) is 11.1. The Morgan fingerprint density at radius 3 is 3.00 bits per heavy atom. The predicted octanol–water partition coefficient (Wildman–Crippen LogP) is 2.98. The molecule has 84 valence electrons. The van der Waals surface area contributed by atoms with Crippen LogP contribution in [0.15, 0.2) is 6.20 Å². The molecule has 2 rings (SSSR count). The number of rotatable bonds is 4. The van der Waals surface area contributed by atoms with Crippen molar-refractivity contribution in [3.8, 4) is 0 Å². The van der Waals surface area contributed by atoms with Crippen molar-refractivity contribution in [2.75, 3.05) is 0 Å². The third-order valence-electron chi connectivity index (χ3n) is 3.16. The summed E-state index contributed by atoms with van der Waals surface area (Å²) in [5.41, 5.74) is 0. The maximum absolute atomic E-state index is 4.37. The van der Waals surface area contributed by atoms with Crippen molar-refractivity contribution in [3.63, 3.8) is 0 Å². The number of nitrogens with zero attached hydrogens (tertiary/aromatic N) is 1. The van der Waals surface area contributed by atoms with Crippen LogP contribution in [0.5, 0.6) is 0 Å². The summed E-state index contributed by atoms with van der Waals surface area (Å²) >= 11 is 1.84. The molecular weight excluding hydrogens is 204 g/mol. The monoisotopic (exact) mass is 224 g/mol. The molecule has 1 fully saturated rings. The van der Waals surface area contributed by atoms with Gasteiger partial charge in [-0.3, -0.25) is 0 Å². The lowest BCUT2D eigenvalue weighted by Crippen LogP contribution is -2.25. The van der Waals surface area contributed by atoms with E-state index < -0.39 is 0 Å². The standard InChI is InChI=1S/C12H20N2S/c1-3-12-14-8-11(15-12)7-13-10-5-4-9(2)6-10/h8-10,13H,3-7H2,1-2H3. The van der Waals surface area contributed by atoms with Crippen LogP contribution in [0.4, 0.5) is 0 Å². The van der Waals surface area contributed by atoms with Gasteiger partial charge in [-0.1, -0.05) is 13.8 Å². The van der Waals surface area contributed by atoms with Gasteiger partial charge in [-0.25, -0.2) is 4.98 Å². The number of aryl methyl sites for hydroxylation is 1. The molecule has 1 aliphatic carbocycles. The summed E-state index contributed by atoms with van der Waals surface area (Å²) in [4.78, 5) is 5.75. The van der Waals surface area contributed by atoms with Crippen LogP contribution >= 0.6 is 11.3 Å². The number of nitrogens with one attached hydrogen (secondary N) is 1. The zero-order chi connectivity index (χ0) is 10.7. The Morgan fingerprint density at radius 1 is 1.53 bits per heavy atom. The topological polar surface area (TPSA) is 24.9 Å². The Labute approximate surface area is 96.1 Å². The number of thiazole rings is 1. The normalized spacial score (nSPS) is 26.0. The average Bonchev–Trinajstić information content (AvgIpc) is 2.83. The second-order valence-electron chi connectivity index (χ2n) is 4.57. The van der Waals surface area contributed by atoms with E-state index in [9.17, 15) is 0 Å². The molecule has 1 saturated carbocycles. The Hall–Kier alpha value is -0.410. The molecule has 1 aromatic rings. The summed E-state index contributed by atoms with van der Waals surface area (Å²) in [7, 11) is 0. The van der Waals surface area contributed by atoms with Crippen molar-refractivity contribution < 1.29 is 0 Å². The van der Waals surface area contributed by atoms with Gasteiger partial charge in [0.25, 0.3) is 0 Å². The van der Waals surface area contributed by atoms with Gasteiger partial charge in [-0.2, -0.15) is 0 Å². The van der Waals surface area contributed by atoms with E-state index in [0.29, 0.717) is 0 Å². The van der Waals surface area contributed by atoms with Gasteiger partial charge in [0.2, 0.25) is 0 Å². The molecule has 1 aromatic heterocycles. The van der Waals surface area contributed by atoms with Gasteiger partial charge < -0.3 is 5.32 Å². The minimum absolute atomic E-state index is 0.743. The fourth-order valence-corrected chi connectivity index (χ4v) is 3.04. The van der Waals surface area contributed by atoms with Crippen LogP contribution in [0.1, 0.15) is 43.0 Å². The SMILES string of the molecule is CCc1ncc(CNC2CCC(C)C2)s1. The van der Waals surface area contributed by atoms with Gasteiger partial charge in [0.05, 0.1) is 5.01 Å². The fraction of sp³-hybridized carbons (Fsp3) is 0.750. The van der Waals surface area contributed by atoms with Crippen LogP contribution in [0.25, 0.3) is 0 Å². The van der Waals surface area contributed by atoms with E-state index >= 15 is 0 Å². The molecule has 15 heavy (non-hydrogen) atoms. The van der Waals surface area contributed by atoms with Gasteiger partial charge in [0, 0.05) is 23.7 Å². The van der Waals surface area contributed by atoms with Crippen molar-refractivity contribution in [3.05, 3.63) is 16.1 Å². The van der Waals surface area contributed by atoms with Crippen molar-refractivity contribution in [1.82, 2.24) is 10.3 Å². The molecule has 1 N–H and O–H groups in total. The molecule has 0 bridgehead atoms. The quantitative estimate of drug-likeness (QED) is 0.850. The van der Waals surface area contributed by atoms with Gasteiger partial charge >= 0.3 is 0 Å². The van der Waals surface area contributed by atoms with Gasteiger partial charge in [0.15, 0.2) is 0 Å². The van der Waals surface area contributed by atoms with E-state index in [2.05, 4.69) is 24.1 Å². The zero-order valence-corrected chi connectivity index (χ0v) is 10.4. The summed E-state index contributed by atoms with van der Waals surface area (Å²) in [6.07, 6.45) is 7.17. The molecule has 0 saturated heterocycles. The Kier molecular flexibility index (Phi) is 3.76. The first-order valence-electron chi connectivity index (χ1n) is 5.95. The van der Waals surface area contributed by atoms with Crippen molar-refractivity contribution in [2.45, 2.75) is 52.1 Å². The molecule has 3 heteroatoms. The minimum Gasteiger partial charge on any atom is -0.309 e. The van der Waals surface area contributed by atoms with E-state index in [-0.39, 0.29) is 0 Å². The fourth-order valence-electron chi connectivity index (χ4n) is 2.23. The highest BCUT2D eigenvalue weighted by molar-refractivity contribution is 7.11. The summed E-state index contributed by atoms with van der Waals surface area (Å²) in [6.45, 7) is 5.52. The molecule has 0 aromatic carbocycles. The van der Waals surface area contributed by atoms with E-state index in [1.165, 1.54) is 29.1 Å². The Bertz CT molecular complexity index is 308. The van der Waals surface area contributed by atoms with Crippen LogP contribution in [0, 0.1) is 5.92 Å².